The van der Waals surface area contributed by atoms with Crippen LogP contribution in [0.25, 0.3) is 0 Å². The van der Waals surface area contributed by atoms with Gasteiger partial charge in [0.2, 0.25) is 5.91 Å². The van der Waals surface area contributed by atoms with E-state index in [4.69, 9.17) is 39.6 Å². The van der Waals surface area contributed by atoms with E-state index in [0.29, 0.717) is 16.3 Å². The van der Waals surface area contributed by atoms with Crippen LogP contribution in [0.1, 0.15) is 11.6 Å². The number of amides is 2. The predicted octanol–water partition coefficient (Wildman–Crippen LogP) is 5.61. The lowest BCUT2D eigenvalue weighted by molar-refractivity contribution is -0.384. The summed E-state index contributed by atoms with van der Waals surface area (Å²) < 4.78 is 0. The molecule has 172 valence electrons. The minimum atomic E-state index is -1.16. The second-order valence-electron chi connectivity index (χ2n) is 7.73. The highest BCUT2D eigenvalue weighted by Crippen LogP contribution is 2.49. The number of hydrogen-bond acceptors (Lipinski definition) is 6. The molecule has 3 aromatic carbocycles. The van der Waals surface area contributed by atoms with Gasteiger partial charge < -0.3 is 0 Å². The molecule has 0 aliphatic carbocycles. The van der Waals surface area contributed by atoms with Crippen LogP contribution in [0, 0.1) is 16.0 Å². The van der Waals surface area contributed by atoms with Gasteiger partial charge in [0.15, 0.2) is 6.10 Å². The van der Waals surface area contributed by atoms with Gasteiger partial charge in [0.1, 0.15) is 5.92 Å². The molecular formula is C23H14Cl3N3O5. The Kier molecular flexibility index (Phi) is 5.69. The number of non-ortho nitro benzene ring substituents is 1. The Hall–Kier alpha value is -3.17. The molecule has 3 aromatic rings. The van der Waals surface area contributed by atoms with Gasteiger partial charge in [-0.05, 0) is 35.9 Å². The molecule has 0 bridgehead atoms. The number of nitrogens with zero attached hydrogens (tertiary/aromatic N) is 3. The number of rotatable bonds is 4. The number of hydroxylamine groups is 1. The molecule has 0 radical (unpaired) electrons. The average Bonchev–Trinajstić information content (AvgIpc) is 3.32. The maximum atomic E-state index is 13.6. The summed E-state index contributed by atoms with van der Waals surface area (Å²) in [6.45, 7) is 0. The third-order valence-corrected chi connectivity index (χ3v) is 6.88. The third kappa shape index (κ3) is 3.59. The zero-order chi connectivity index (χ0) is 24.1. The van der Waals surface area contributed by atoms with Gasteiger partial charge in [0.25, 0.3) is 11.6 Å². The highest BCUT2D eigenvalue weighted by Gasteiger charge is 2.60. The predicted molar refractivity (Wildman–Crippen MR) is 127 cm³/mol. The Balaban J connectivity index is 1.61. The minimum Gasteiger partial charge on any atom is -0.273 e. The highest BCUT2D eigenvalue weighted by molar-refractivity contribution is 6.42. The lowest BCUT2D eigenvalue weighted by Gasteiger charge is -2.29. The van der Waals surface area contributed by atoms with Crippen molar-refractivity contribution < 1.29 is 19.3 Å². The molecule has 0 unspecified atom stereocenters. The maximum absolute atomic E-state index is 13.6. The summed E-state index contributed by atoms with van der Waals surface area (Å²) in [4.78, 5) is 44.8. The fourth-order valence-corrected chi connectivity index (χ4v) is 4.83. The van der Waals surface area contributed by atoms with Crippen molar-refractivity contribution >= 4 is 63.7 Å². The monoisotopic (exact) mass is 517 g/mol. The molecule has 2 aliphatic heterocycles. The quantitative estimate of drug-likeness (QED) is 0.253. The van der Waals surface area contributed by atoms with E-state index in [0.717, 1.165) is 4.90 Å². The average molecular weight is 519 g/mol. The van der Waals surface area contributed by atoms with Crippen LogP contribution in [0.3, 0.4) is 0 Å². The lowest BCUT2D eigenvalue weighted by atomic mass is 9.90. The fourth-order valence-electron chi connectivity index (χ4n) is 4.29. The Morgan fingerprint density at radius 2 is 1.59 bits per heavy atom. The van der Waals surface area contributed by atoms with Gasteiger partial charge in [0, 0.05) is 17.2 Å². The molecular weight excluding hydrogens is 505 g/mol. The molecule has 2 fully saturated rings. The first-order chi connectivity index (χ1) is 16.3. The molecule has 2 saturated heterocycles. The van der Waals surface area contributed by atoms with Crippen molar-refractivity contribution in [1.29, 1.82) is 0 Å². The number of nitro benzene ring substituents is 1. The first-order valence-electron chi connectivity index (χ1n) is 10.1. The summed E-state index contributed by atoms with van der Waals surface area (Å²) in [7, 11) is 0. The molecule has 0 aromatic heterocycles. The second-order valence-corrected chi connectivity index (χ2v) is 8.95. The summed E-state index contributed by atoms with van der Waals surface area (Å²) in [6, 6.07) is 16.3. The van der Waals surface area contributed by atoms with E-state index in [2.05, 4.69) is 0 Å². The van der Waals surface area contributed by atoms with Gasteiger partial charge in [-0.25, -0.2) is 9.96 Å². The molecule has 0 N–H and O–H groups in total. The number of carbonyl (C=O) groups is 2. The van der Waals surface area contributed by atoms with Gasteiger partial charge in [-0.2, -0.15) is 0 Å². The minimum absolute atomic E-state index is 0.161. The number of hydrogen-bond donors (Lipinski definition) is 0. The van der Waals surface area contributed by atoms with Crippen molar-refractivity contribution in [1.82, 2.24) is 0 Å². The van der Waals surface area contributed by atoms with Crippen LogP contribution >= 0.6 is 34.8 Å². The molecule has 2 aliphatic rings. The first-order valence-corrected chi connectivity index (χ1v) is 11.2. The summed E-state index contributed by atoms with van der Waals surface area (Å²) in [5.74, 6) is -2.05. The topological polar surface area (TPSA) is 93.0 Å². The Morgan fingerprint density at radius 1 is 0.824 bits per heavy atom. The van der Waals surface area contributed by atoms with E-state index >= 15 is 0 Å². The number of anilines is 2. The molecule has 5 rings (SSSR count). The molecule has 3 atom stereocenters. The first kappa shape index (κ1) is 22.6. The van der Waals surface area contributed by atoms with Crippen LogP contribution in [0.2, 0.25) is 15.1 Å². The van der Waals surface area contributed by atoms with Crippen molar-refractivity contribution in [3.05, 3.63) is 97.5 Å². The molecule has 2 amide bonds. The number of benzene rings is 3. The van der Waals surface area contributed by atoms with Gasteiger partial charge in [0.05, 0.1) is 32.4 Å². The summed E-state index contributed by atoms with van der Waals surface area (Å²) in [5.41, 5.74) is 0.962. The van der Waals surface area contributed by atoms with Crippen LogP contribution in [0.5, 0.6) is 0 Å². The number of carbonyl (C=O) groups excluding carboxylic acids is 2. The van der Waals surface area contributed by atoms with Gasteiger partial charge >= 0.3 is 0 Å². The van der Waals surface area contributed by atoms with E-state index in [1.54, 1.807) is 30.3 Å². The van der Waals surface area contributed by atoms with Crippen molar-refractivity contribution in [2.45, 2.75) is 12.1 Å². The second kappa shape index (κ2) is 8.56. The van der Waals surface area contributed by atoms with E-state index in [9.17, 15) is 19.7 Å². The van der Waals surface area contributed by atoms with Crippen LogP contribution in [0.4, 0.5) is 17.1 Å². The lowest BCUT2D eigenvalue weighted by Crippen LogP contribution is -2.37. The Morgan fingerprint density at radius 3 is 2.29 bits per heavy atom. The smallest absolute Gasteiger partial charge is 0.271 e. The Bertz CT molecular complexity index is 1350. The van der Waals surface area contributed by atoms with Crippen LogP contribution in [-0.2, 0) is 14.4 Å². The zero-order valence-corrected chi connectivity index (χ0v) is 19.4. The van der Waals surface area contributed by atoms with Crippen LogP contribution in [-0.4, -0.2) is 22.8 Å². The normalized spacial score (nSPS) is 21.8. The molecule has 8 nitrogen and oxygen atoms in total. The number of imide groups is 1. The largest absolute Gasteiger partial charge is 0.273 e. The van der Waals surface area contributed by atoms with E-state index in [-0.39, 0.29) is 21.4 Å². The molecule has 34 heavy (non-hydrogen) atoms. The maximum Gasteiger partial charge on any atom is 0.271 e. The fraction of sp³-hybridized carbons (Fsp3) is 0.130. The number of nitro groups is 1. The van der Waals surface area contributed by atoms with E-state index in [1.165, 1.54) is 41.5 Å². The molecule has 0 saturated carbocycles. The van der Waals surface area contributed by atoms with E-state index in [1.807, 2.05) is 0 Å². The molecule has 2 heterocycles. The molecule has 0 spiro atoms. The summed E-state index contributed by atoms with van der Waals surface area (Å²) >= 11 is 18.6. The van der Waals surface area contributed by atoms with Crippen molar-refractivity contribution in [2.75, 3.05) is 9.96 Å². The number of halogens is 3. The molecule has 11 heteroatoms. The van der Waals surface area contributed by atoms with Crippen molar-refractivity contribution in [3.63, 3.8) is 0 Å². The third-order valence-electron chi connectivity index (χ3n) is 5.80. The summed E-state index contributed by atoms with van der Waals surface area (Å²) in [6.07, 6.45) is -1.16. The zero-order valence-electron chi connectivity index (χ0n) is 17.1. The SMILES string of the molecule is O=C1[C@@H]2[C@@H](ON(c3cccc([N+](=O)[O-])c3)[C@H]2c2ccccc2Cl)C(=O)N1c1ccc(Cl)c(Cl)c1. The number of fused-ring (bicyclic) bond motifs is 1. The summed E-state index contributed by atoms with van der Waals surface area (Å²) in [5, 5.41) is 13.5. The Labute approximate surface area is 208 Å². The van der Waals surface area contributed by atoms with Crippen LogP contribution in [0.15, 0.2) is 66.7 Å². The van der Waals surface area contributed by atoms with Crippen molar-refractivity contribution in [3.8, 4) is 0 Å². The highest BCUT2D eigenvalue weighted by atomic mass is 35.5. The van der Waals surface area contributed by atoms with E-state index < -0.39 is 34.8 Å². The van der Waals surface area contributed by atoms with Gasteiger partial charge in [-0.3, -0.25) is 24.5 Å². The standard InChI is InChI=1S/C23H14Cl3N3O5/c24-16-7-2-1-6-15(16)20-19-21(34-28(20)13-4-3-5-14(10-13)29(32)33)23(31)27(22(19)30)12-8-9-17(25)18(26)11-12/h1-11,19-21H/t19-,20-,21+/m0/s1. The van der Waals surface area contributed by atoms with Crippen LogP contribution < -0.4 is 9.96 Å². The van der Waals surface area contributed by atoms with Crippen molar-refractivity contribution in [2.24, 2.45) is 5.92 Å². The van der Waals surface area contributed by atoms with Gasteiger partial charge in [-0.1, -0.05) is 59.1 Å². The van der Waals surface area contributed by atoms with Gasteiger partial charge in [-0.15, -0.1) is 0 Å².